The number of rotatable bonds is 1. The van der Waals surface area contributed by atoms with Crippen molar-refractivity contribution in [2.24, 2.45) is 0 Å². The Hall–Kier alpha value is -2.23. The number of hydrogen-bond acceptors (Lipinski definition) is 2. The Morgan fingerprint density at radius 1 is 1.20 bits per heavy atom. The Morgan fingerprint density at radius 2 is 2.13 bits per heavy atom. The summed E-state index contributed by atoms with van der Waals surface area (Å²) < 4.78 is 0. The molecule has 0 unspecified atom stereocenters. The maximum Gasteiger partial charge on any atom is 0.154 e. The number of hydrogen-bond donors (Lipinski definition) is 3. The van der Waals surface area contributed by atoms with Crippen molar-refractivity contribution in [1.82, 2.24) is 15.0 Å². The van der Waals surface area contributed by atoms with Gasteiger partial charge in [0.25, 0.3) is 0 Å². The molecule has 4 nitrogen and oxygen atoms in total. The Morgan fingerprint density at radius 3 is 2.93 bits per heavy atom. The monoisotopic (exact) mass is 199 g/mol. The van der Waals surface area contributed by atoms with Crippen LogP contribution >= 0.6 is 0 Å². The molecule has 0 atom stereocenters. The van der Waals surface area contributed by atoms with E-state index in [-0.39, 0.29) is 5.75 Å². The second kappa shape index (κ2) is 2.88. The van der Waals surface area contributed by atoms with Gasteiger partial charge in [-0.15, -0.1) is 0 Å². The zero-order valence-corrected chi connectivity index (χ0v) is 7.86. The van der Waals surface area contributed by atoms with Crippen molar-refractivity contribution in [2.75, 3.05) is 0 Å². The van der Waals surface area contributed by atoms with E-state index in [0.29, 0.717) is 0 Å². The minimum absolute atomic E-state index is 0.240. The Kier molecular flexibility index (Phi) is 1.56. The fourth-order valence-corrected chi connectivity index (χ4v) is 1.60. The molecule has 0 fully saturated rings. The number of phenols is 1. The molecule has 0 aliphatic rings. The standard InChI is InChI=1S/C11H9N3O/c15-7-3-4-8-10(6-7)14-11(13-8)9-2-1-5-12-9/h1-6,12,15H,(H,13,14). The van der Waals surface area contributed by atoms with E-state index < -0.39 is 0 Å². The third-order valence-corrected chi connectivity index (χ3v) is 2.32. The molecule has 0 amide bonds. The molecular weight excluding hydrogens is 190 g/mol. The highest BCUT2D eigenvalue weighted by Crippen LogP contribution is 2.21. The molecule has 3 aromatic rings. The third-order valence-electron chi connectivity index (χ3n) is 2.32. The quantitative estimate of drug-likeness (QED) is 0.562. The van der Waals surface area contributed by atoms with Crippen molar-refractivity contribution >= 4 is 11.0 Å². The Bertz CT molecular complexity index is 595. The number of H-pyrrole nitrogens is 2. The van der Waals surface area contributed by atoms with E-state index >= 15 is 0 Å². The summed E-state index contributed by atoms with van der Waals surface area (Å²) in [7, 11) is 0. The van der Waals surface area contributed by atoms with E-state index in [0.717, 1.165) is 22.6 Å². The van der Waals surface area contributed by atoms with Gasteiger partial charge in [-0.3, -0.25) is 0 Å². The molecule has 0 bridgehead atoms. The molecule has 0 spiro atoms. The fourth-order valence-electron chi connectivity index (χ4n) is 1.60. The van der Waals surface area contributed by atoms with Crippen LogP contribution in [0.25, 0.3) is 22.6 Å². The van der Waals surface area contributed by atoms with E-state index in [4.69, 9.17) is 0 Å². The topological polar surface area (TPSA) is 64.7 Å². The van der Waals surface area contributed by atoms with Gasteiger partial charge in [-0.2, -0.15) is 0 Å². The molecule has 2 aromatic heterocycles. The normalized spacial score (nSPS) is 10.9. The SMILES string of the molecule is Oc1ccc2nc(-c3ccc[nH]3)[nH]c2c1. The molecule has 0 aliphatic carbocycles. The second-order valence-corrected chi connectivity index (χ2v) is 3.37. The summed E-state index contributed by atoms with van der Waals surface area (Å²) in [5.41, 5.74) is 2.61. The lowest BCUT2D eigenvalue weighted by molar-refractivity contribution is 0.476. The van der Waals surface area contributed by atoms with E-state index in [1.54, 1.807) is 18.2 Å². The van der Waals surface area contributed by atoms with Crippen molar-refractivity contribution in [3.05, 3.63) is 36.5 Å². The van der Waals surface area contributed by atoms with Crippen LogP contribution in [0.3, 0.4) is 0 Å². The summed E-state index contributed by atoms with van der Waals surface area (Å²) in [4.78, 5) is 10.6. The van der Waals surface area contributed by atoms with E-state index in [9.17, 15) is 5.11 Å². The fraction of sp³-hybridized carbons (Fsp3) is 0. The molecular formula is C11H9N3O. The molecule has 3 N–H and O–H groups in total. The molecule has 1 aromatic carbocycles. The maximum absolute atomic E-state index is 9.31. The summed E-state index contributed by atoms with van der Waals surface area (Å²) in [5.74, 6) is 1.02. The molecule has 74 valence electrons. The molecule has 15 heavy (non-hydrogen) atoms. The van der Waals surface area contributed by atoms with Crippen LogP contribution in [0.15, 0.2) is 36.5 Å². The minimum atomic E-state index is 0.240. The van der Waals surface area contributed by atoms with Crippen LogP contribution in [0, 0.1) is 0 Å². The molecule has 3 rings (SSSR count). The first-order valence-electron chi connectivity index (χ1n) is 4.65. The summed E-state index contributed by atoms with van der Waals surface area (Å²) in [6.45, 7) is 0. The third kappa shape index (κ3) is 1.27. The number of fused-ring (bicyclic) bond motifs is 1. The van der Waals surface area contributed by atoms with Gasteiger partial charge >= 0.3 is 0 Å². The second-order valence-electron chi connectivity index (χ2n) is 3.37. The smallest absolute Gasteiger partial charge is 0.154 e. The molecule has 0 saturated carbocycles. The molecule has 0 saturated heterocycles. The summed E-state index contributed by atoms with van der Waals surface area (Å²) in [6.07, 6.45) is 1.85. The maximum atomic E-state index is 9.31. The number of phenolic OH excluding ortho intramolecular Hbond substituents is 1. The Labute approximate surface area is 85.6 Å². The molecule has 0 aliphatic heterocycles. The van der Waals surface area contributed by atoms with Gasteiger partial charge in [-0.1, -0.05) is 0 Å². The van der Waals surface area contributed by atoms with Crippen molar-refractivity contribution < 1.29 is 5.11 Å². The number of benzene rings is 1. The van der Waals surface area contributed by atoms with E-state index in [1.807, 2.05) is 18.3 Å². The lowest BCUT2D eigenvalue weighted by atomic mass is 10.3. The molecule has 0 radical (unpaired) electrons. The zero-order chi connectivity index (χ0) is 10.3. The van der Waals surface area contributed by atoms with Gasteiger partial charge in [0.1, 0.15) is 5.75 Å². The van der Waals surface area contributed by atoms with Crippen molar-refractivity contribution in [2.45, 2.75) is 0 Å². The van der Waals surface area contributed by atoms with Gasteiger partial charge in [0.15, 0.2) is 5.82 Å². The average molecular weight is 199 g/mol. The summed E-state index contributed by atoms with van der Waals surface area (Å²) in [5, 5.41) is 9.31. The number of aromatic hydroxyl groups is 1. The van der Waals surface area contributed by atoms with Gasteiger partial charge in [-0.05, 0) is 24.3 Å². The van der Waals surface area contributed by atoms with Crippen LogP contribution in [0.5, 0.6) is 5.75 Å². The van der Waals surface area contributed by atoms with Crippen LogP contribution in [0.2, 0.25) is 0 Å². The van der Waals surface area contributed by atoms with Crippen LogP contribution in [0.4, 0.5) is 0 Å². The first-order valence-corrected chi connectivity index (χ1v) is 4.65. The first kappa shape index (κ1) is 8.11. The number of imidazole rings is 1. The van der Waals surface area contributed by atoms with Crippen LogP contribution in [0.1, 0.15) is 0 Å². The van der Waals surface area contributed by atoms with Crippen molar-refractivity contribution in [1.29, 1.82) is 0 Å². The highest BCUT2D eigenvalue weighted by atomic mass is 16.3. The van der Waals surface area contributed by atoms with Crippen LogP contribution in [-0.2, 0) is 0 Å². The van der Waals surface area contributed by atoms with Crippen molar-refractivity contribution in [3.8, 4) is 17.3 Å². The summed E-state index contributed by atoms with van der Waals surface area (Å²) in [6, 6.07) is 8.93. The highest BCUT2D eigenvalue weighted by Gasteiger charge is 2.05. The zero-order valence-electron chi connectivity index (χ0n) is 7.86. The summed E-state index contributed by atoms with van der Waals surface area (Å²) >= 11 is 0. The predicted molar refractivity (Wildman–Crippen MR) is 57.5 cm³/mol. The Balaban J connectivity index is 2.22. The van der Waals surface area contributed by atoms with Gasteiger partial charge < -0.3 is 15.1 Å². The largest absolute Gasteiger partial charge is 0.508 e. The first-order chi connectivity index (χ1) is 7.33. The van der Waals surface area contributed by atoms with Crippen molar-refractivity contribution in [3.63, 3.8) is 0 Å². The van der Waals surface area contributed by atoms with Gasteiger partial charge in [0, 0.05) is 12.3 Å². The van der Waals surface area contributed by atoms with Crippen LogP contribution in [-0.4, -0.2) is 20.1 Å². The van der Waals surface area contributed by atoms with E-state index in [1.165, 1.54) is 0 Å². The van der Waals surface area contributed by atoms with Gasteiger partial charge in [-0.25, -0.2) is 4.98 Å². The van der Waals surface area contributed by atoms with Gasteiger partial charge in [0.2, 0.25) is 0 Å². The highest BCUT2D eigenvalue weighted by molar-refractivity contribution is 5.80. The predicted octanol–water partition coefficient (Wildman–Crippen LogP) is 2.26. The molecule has 4 heteroatoms. The lowest BCUT2D eigenvalue weighted by Gasteiger charge is -1.89. The average Bonchev–Trinajstić information content (AvgIpc) is 2.84. The number of aromatic nitrogens is 3. The number of aromatic amines is 2. The lowest BCUT2D eigenvalue weighted by Crippen LogP contribution is -1.77. The van der Waals surface area contributed by atoms with E-state index in [2.05, 4.69) is 15.0 Å². The number of nitrogens with one attached hydrogen (secondary N) is 2. The molecule has 2 heterocycles. The minimum Gasteiger partial charge on any atom is -0.508 e. The van der Waals surface area contributed by atoms with Crippen LogP contribution < -0.4 is 0 Å². The van der Waals surface area contributed by atoms with Gasteiger partial charge in [0.05, 0.1) is 16.7 Å². The number of nitrogens with zero attached hydrogens (tertiary/aromatic N) is 1.